The number of anilines is 1. The van der Waals surface area contributed by atoms with Gasteiger partial charge in [0, 0.05) is 6.54 Å². The number of alkyl carbamates (subject to hydrolysis) is 1. The number of nitrogens with zero attached hydrogens (tertiary/aromatic N) is 4. The second-order valence-corrected chi connectivity index (χ2v) is 8.92. The van der Waals surface area contributed by atoms with Gasteiger partial charge in [-0.15, -0.1) is 0 Å². The molecular weight excluding hydrogens is 488 g/mol. The summed E-state index contributed by atoms with van der Waals surface area (Å²) in [5, 5.41) is 45.1. The Hall–Kier alpha value is -4.01. The molecule has 6 N–H and O–H groups in total. The Morgan fingerprint density at radius 3 is 2.54 bits per heavy atom. The van der Waals surface area contributed by atoms with E-state index in [9.17, 15) is 30.0 Å². The SMILES string of the molecule is CC(C)[C@H](NC(=O)OC[C@H]1O[C@@H](n2cnc3c(NCc4ccc(O)cc4)ncnc32)[C@@H](O)C1O)C(=O)O. The zero-order chi connectivity index (χ0) is 26.7. The summed E-state index contributed by atoms with van der Waals surface area (Å²) in [6.45, 7) is 3.25. The van der Waals surface area contributed by atoms with E-state index in [1.165, 1.54) is 17.2 Å². The van der Waals surface area contributed by atoms with E-state index in [0.29, 0.717) is 23.5 Å². The predicted octanol–water partition coefficient (Wildman–Crippen LogP) is 0.599. The third-order valence-electron chi connectivity index (χ3n) is 5.95. The van der Waals surface area contributed by atoms with Crippen molar-refractivity contribution in [2.24, 2.45) is 5.92 Å². The van der Waals surface area contributed by atoms with Crippen LogP contribution >= 0.6 is 0 Å². The number of aliphatic hydroxyl groups excluding tert-OH is 2. The van der Waals surface area contributed by atoms with Crippen molar-refractivity contribution < 1.29 is 39.5 Å². The zero-order valence-corrected chi connectivity index (χ0v) is 20.1. The first-order valence-electron chi connectivity index (χ1n) is 11.5. The molecule has 0 bridgehead atoms. The zero-order valence-electron chi connectivity index (χ0n) is 20.1. The number of amides is 1. The van der Waals surface area contributed by atoms with Gasteiger partial charge in [-0.05, 0) is 23.6 Å². The highest BCUT2D eigenvalue weighted by Crippen LogP contribution is 2.32. The van der Waals surface area contributed by atoms with Gasteiger partial charge in [0.05, 0.1) is 6.33 Å². The molecule has 1 unspecified atom stereocenters. The van der Waals surface area contributed by atoms with E-state index in [4.69, 9.17) is 9.47 Å². The molecule has 2 aromatic heterocycles. The van der Waals surface area contributed by atoms with E-state index in [1.54, 1.807) is 38.1 Å². The first-order valence-corrected chi connectivity index (χ1v) is 11.5. The van der Waals surface area contributed by atoms with E-state index in [1.807, 2.05) is 0 Å². The van der Waals surface area contributed by atoms with Crippen molar-refractivity contribution in [3.8, 4) is 5.75 Å². The van der Waals surface area contributed by atoms with Gasteiger partial charge in [-0.3, -0.25) is 4.57 Å². The summed E-state index contributed by atoms with van der Waals surface area (Å²) in [5.41, 5.74) is 1.63. The van der Waals surface area contributed by atoms with Crippen molar-refractivity contribution in [1.29, 1.82) is 0 Å². The molecule has 3 aromatic rings. The quantitative estimate of drug-likeness (QED) is 0.232. The topological polar surface area (TPSA) is 201 Å². The van der Waals surface area contributed by atoms with Gasteiger partial charge in [-0.25, -0.2) is 24.5 Å². The molecule has 0 radical (unpaired) electrons. The monoisotopic (exact) mass is 516 g/mol. The summed E-state index contributed by atoms with van der Waals surface area (Å²) in [6.07, 6.45) is -3.24. The van der Waals surface area contributed by atoms with E-state index in [2.05, 4.69) is 25.6 Å². The van der Waals surface area contributed by atoms with Gasteiger partial charge < -0.3 is 40.5 Å². The van der Waals surface area contributed by atoms with Crippen LogP contribution in [0.4, 0.5) is 10.6 Å². The average molecular weight is 517 g/mol. The molecular formula is C23H28N6O8. The van der Waals surface area contributed by atoms with Crippen molar-refractivity contribution in [3.05, 3.63) is 42.5 Å². The van der Waals surface area contributed by atoms with Crippen molar-refractivity contribution in [2.45, 2.75) is 51.0 Å². The molecule has 1 aliphatic rings. The second kappa shape index (κ2) is 10.9. The van der Waals surface area contributed by atoms with Gasteiger partial charge in [-0.1, -0.05) is 26.0 Å². The van der Waals surface area contributed by atoms with Gasteiger partial charge in [-0.2, -0.15) is 0 Å². The lowest BCUT2D eigenvalue weighted by molar-refractivity contribution is -0.140. The Kier molecular flexibility index (Phi) is 7.71. The molecule has 0 aliphatic carbocycles. The Balaban J connectivity index is 1.42. The van der Waals surface area contributed by atoms with E-state index < -0.39 is 49.3 Å². The predicted molar refractivity (Wildman–Crippen MR) is 127 cm³/mol. The first kappa shape index (κ1) is 26.1. The number of imidazole rings is 1. The van der Waals surface area contributed by atoms with Crippen LogP contribution in [0.2, 0.25) is 0 Å². The molecule has 4 rings (SSSR count). The number of ether oxygens (including phenoxy) is 2. The van der Waals surface area contributed by atoms with Crippen molar-refractivity contribution in [1.82, 2.24) is 24.8 Å². The highest BCUT2D eigenvalue weighted by atomic mass is 16.6. The average Bonchev–Trinajstić information content (AvgIpc) is 3.41. The number of carbonyl (C=O) groups is 2. The normalized spacial score (nSPS) is 22.2. The molecule has 1 saturated heterocycles. The summed E-state index contributed by atoms with van der Waals surface area (Å²) in [4.78, 5) is 36.1. The van der Waals surface area contributed by atoms with E-state index in [0.717, 1.165) is 5.56 Å². The molecule has 1 amide bonds. The van der Waals surface area contributed by atoms with Gasteiger partial charge in [0.2, 0.25) is 0 Å². The van der Waals surface area contributed by atoms with Gasteiger partial charge >= 0.3 is 12.1 Å². The van der Waals surface area contributed by atoms with E-state index >= 15 is 0 Å². The maximum atomic E-state index is 12.1. The number of carboxylic acids is 1. The number of hydrogen-bond acceptors (Lipinski definition) is 11. The minimum Gasteiger partial charge on any atom is -0.508 e. The highest BCUT2D eigenvalue weighted by Gasteiger charge is 2.45. The summed E-state index contributed by atoms with van der Waals surface area (Å²) in [5.74, 6) is -0.986. The van der Waals surface area contributed by atoms with Crippen LogP contribution in [-0.2, 0) is 20.8 Å². The standard InChI is InChI=1S/C23H28N6O8/c1-11(2)15(22(33)34)28-23(35)36-8-14-17(31)18(32)21(37-14)29-10-27-16-19(25-9-26-20(16)29)24-7-12-3-5-13(30)6-4-12/h3-6,9-11,14-15,17-18,21,30-32H,7-8H2,1-2H3,(H,28,35)(H,33,34)(H,24,25,26)/t14-,15+,17?,18+,21-/m1/s1. The fourth-order valence-corrected chi connectivity index (χ4v) is 3.90. The molecule has 1 aromatic carbocycles. The largest absolute Gasteiger partial charge is 0.508 e. The lowest BCUT2D eigenvalue weighted by atomic mass is 10.1. The van der Waals surface area contributed by atoms with Crippen LogP contribution in [-0.4, -0.2) is 83.0 Å². The van der Waals surface area contributed by atoms with Crippen LogP contribution in [0.15, 0.2) is 36.9 Å². The number of phenolic OH excluding ortho intramolecular Hbond substituents is 1. The van der Waals surface area contributed by atoms with Crippen LogP contribution in [0.25, 0.3) is 11.2 Å². The Morgan fingerprint density at radius 1 is 1.14 bits per heavy atom. The van der Waals surface area contributed by atoms with Gasteiger partial charge in [0.15, 0.2) is 23.2 Å². The third kappa shape index (κ3) is 5.71. The number of carbonyl (C=O) groups excluding carboxylic acids is 1. The number of carboxylic acid groups (broad SMARTS) is 1. The van der Waals surface area contributed by atoms with Gasteiger partial charge in [0.25, 0.3) is 0 Å². The Bertz CT molecular complexity index is 1250. The van der Waals surface area contributed by atoms with Crippen LogP contribution in [0.1, 0.15) is 25.6 Å². The number of hydrogen-bond donors (Lipinski definition) is 6. The smallest absolute Gasteiger partial charge is 0.407 e. The summed E-state index contributed by atoms with van der Waals surface area (Å²) < 4.78 is 12.3. The minimum atomic E-state index is -1.40. The number of aromatic hydroxyl groups is 1. The molecule has 1 aliphatic heterocycles. The fourth-order valence-electron chi connectivity index (χ4n) is 3.90. The van der Waals surface area contributed by atoms with E-state index in [-0.39, 0.29) is 11.7 Å². The summed E-state index contributed by atoms with van der Waals surface area (Å²) >= 11 is 0. The number of aliphatic hydroxyl groups is 2. The number of aromatic nitrogens is 4. The van der Waals surface area contributed by atoms with Gasteiger partial charge in [0.1, 0.15) is 43.0 Å². The Labute approximate surface area is 210 Å². The molecule has 198 valence electrons. The molecule has 5 atom stereocenters. The molecule has 0 saturated carbocycles. The molecule has 37 heavy (non-hydrogen) atoms. The van der Waals surface area contributed by atoms with Crippen molar-refractivity contribution >= 4 is 29.0 Å². The third-order valence-corrected chi connectivity index (χ3v) is 5.95. The van der Waals surface area contributed by atoms with Crippen LogP contribution in [0.5, 0.6) is 5.75 Å². The summed E-state index contributed by atoms with van der Waals surface area (Å²) in [6, 6.07) is 5.52. The number of rotatable bonds is 9. The van der Waals surface area contributed by atoms with Crippen LogP contribution in [0, 0.1) is 5.92 Å². The number of nitrogens with one attached hydrogen (secondary N) is 2. The molecule has 3 heterocycles. The maximum Gasteiger partial charge on any atom is 0.407 e. The number of phenols is 1. The maximum absolute atomic E-state index is 12.1. The molecule has 14 heteroatoms. The highest BCUT2D eigenvalue weighted by molar-refractivity contribution is 5.82. The van der Waals surface area contributed by atoms with Crippen LogP contribution in [0.3, 0.4) is 0 Å². The fraction of sp³-hybridized carbons (Fsp3) is 0.435. The molecule has 1 fully saturated rings. The first-order chi connectivity index (χ1) is 17.7. The second-order valence-electron chi connectivity index (χ2n) is 8.92. The van der Waals surface area contributed by atoms with Crippen LogP contribution < -0.4 is 10.6 Å². The Morgan fingerprint density at radius 2 is 1.86 bits per heavy atom. The minimum absolute atomic E-state index is 0.161. The molecule has 14 nitrogen and oxygen atoms in total. The van der Waals surface area contributed by atoms with Crippen molar-refractivity contribution in [3.63, 3.8) is 0 Å². The number of benzene rings is 1. The number of aliphatic carboxylic acids is 1. The lowest BCUT2D eigenvalue weighted by Gasteiger charge is -2.19. The molecule has 0 spiro atoms. The number of fused-ring (bicyclic) bond motifs is 1. The van der Waals surface area contributed by atoms with Crippen molar-refractivity contribution in [2.75, 3.05) is 11.9 Å². The summed E-state index contributed by atoms with van der Waals surface area (Å²) in [7, 11) is 0. The lowest BCUT2D eigenvalue weighted by Crippen LogP contribution is -2.45.